The number of nitrogens with one attached hydrogen (secondary N) is 1. The van der Waals surface area contributed by atoms with Gasteiger partial charge in [0.25, 0.3) is 5.91 Å². The van der Waals surface area contributed by atoms with Crippen LogP contribution < -0.4 is 5.32 Å². The molecule has 1 amide bonds. The molecule has 0 radical (unpaired) electrons. The quantitative estimate of drug-likeness (QED) is 0.492. The summed E-state index contributed by atoms with van der Waals surface area (Å²) < 4.78 is 2.92. The largest absolute Gasteiger partial charge is 0.345 e. The van der Waals surface area contributed by atoms with Crippen molar-refractivity contribution in [1.82, 2.24) is 20.1 Å². The van der Waals surface area contributed by atoms with E-state index in [1.165, 1.54) is 0 Å². The molecule has 1 N–H and O–H groups in total. The second-order valence-corrected chi connectivity index (χ2v) is 8.30. The molecule has 0 saturated carbocycles. The molecule has 0 saturated heterocycles. The summed E-state index contributed by atoms with van der Waals surface area (Å²) in [6.45, 7) is 4.49. The summed E-state index contributed by atoms with van der Waals surface area (Å²) >= 11 is 7.58. The minimum Gasteiger partial charge on any atom is -0.345 e. The van der Waals surface area contributed by atoms with Crippen molar-refractivity contribution >= 4 is 39.1 Å². The molecule has 0 aliphatic heterocycles. The highest BCUT2D eigenvalue weighted by Gasteiger charge is 2.21. The van der Waals surface area contributed by atoms with Crippen molar-refractivity contribution in [2.75, 3.05) is 0 Å². The molecular weight excluding hydrogens is 392 g/mol. The lowest BCUT2D eigenvalue weighted by molar-refractivity contribution is 0.0949. The van der Waals surface area contributed by atoms with Crippen molar-refractivity contribution in [3.63, 3.8) is 0 Å². The van der Waals surface area contributed by atoms with Gasteiger partial charge in [-0.15, -0.1) is 11.3 Å². The van der Waals surface area contributed by atoms with Crippen LogP contribution in [0.1, 0.15) is 40.8 Å². The molecule has 0 unspecified atom stereocenters. The fourth-order valence-electron chi connectivity index (χ4n) is 3.12. The van der Waals surface area contributed by atoms with Crippen LogP contribution >= 0.6 is 22.9 Å². The van der Waals surface area contributed by atoms with Gasteiger partial charge < -0.3 is 5.32 Å². The Morgan fingerprint density at radius 2 is 1.93 bits per heavy atom. The van der Waals surface area contributed by atoms with Gasteiger partial charge in [-0.3, -0.25) is 4.79 Å². The molecule has 28 heavy (non-hydrogen) atoms. The summed E-state index contributed by atoms with van der Waals surface area (Å²) in [5.41, 5.74) is 3.27. The van der Waals surface area contributed by atoms with E-state index in [4.69, 9.17) is 11.6 Å². The monoisotopic (exact) mass is 410 g/mol. The molecule has 4 rings (SSSR count). The molecule has 0 aliphatic carbocycles. The van der Waals surface area contributed by atoms with Crippen LogP contribution in [0.5, 0.6) is 0 Å². The zero-order valence-corrected chi connectivity index (χ0v) is 17.1. The fourth-order valence-corrected chi connectivity index (χ4v) is 4.16. The number of thiazole rings is 1. The first kappa shape index (κ1) is 18.7. The predicted molar refractivity (Wildman–Crippen MR) is 113 cm³/mol. The van der Waals surface area contributed by atoms with Crippen LogP contribution in [0, 0.1) is 0 Å². The number of amides is 1. The van der Waals surface area contributed by atoms with Crippen LogP contribution in [0.15, 0.2) is 54.7 Å². The zero-order valence-electron chi connectivity index (χ0n) is 15.5. The molecular formula is C21H19ClN4OS. The van der Waals surface area contributed by atoms with E-state index in [-0.39, 0.29) is 11.8 Å². The number of rotatable bonds is 5. The molecule has 0 atom stereocenters. The normalized spacial score (nSPS) is 11.3. The van der Waals surface area contributed by atoms with E-state index in [2.05, 4.69) is 15.4 Å². The van der Waals surface area contributed by atoms with Crippen LogP contribution in [0.4, 0.5) is 0 Å². The lowest BCUT2D eigenvalue weighted by Gasteiger charge is -2.13. The van der Waals surface area contributed by atoms with Crippen LogP contribution in [0.25, 0.3) is 15.9 Å². The number of halogens is 1. The summed E-state index contributed by atoms with van der Waals surface area (Å²) in [7, 11) is 0. The van der Waals surface area contributed by atoms with E-state index in [0.29, 0.717) is 17.1 Å². The standard InChI is InChI=1S/C21H19ClN4OS/c1-13(2)20-16(11-24-26(20)15-9-7-14(22)8-10-15)21(27)23-12-19-25-17-5-3-4-6-18(17)28-19/h3-11,13H,12H2,1-2H3,(H,23,27). The molecule has 2 aromatic carbocycles. The van der Waals surface area contributed by atoms with Crippen molar-refractivity contribution in [2.24, 2.45) is 0 Å². The number of hydrogen-bond donors (Lipinski definition) is 1. The maximum Gasteiger partial charge on any atom is 0.255 e. The topological polar surface area (TPSA) is 59.8 Å². The Kier molecular flexibility index (Phi) is 5.15. The second-order valence-electron chi connectivity index (χ2n) is 6.74. The van der Waals surface area contributed by atoms with Gasteiger partial charge >= 0.3 is 0 Å². The highest BCUT2D eigenvalue weighted by atomic mass is 35.5. The highest BCUT2D eigenvalue weighted by molar-refractivity contribution is 7.18. The highest BCUT2D eigenvalue weighted by Crippen LogP contribution is 2.25. The molecule has 2 aromatic heterocycles. The maximum absolute atomic E-state index is 12.8. The first-order chi connectivity index (χ1) is 13.5. The van der Waals surface area contributed by atoms with E-state index >= 15 is 0 Å². The van der Waals surface area contributed by atoms with Gasteiger partial charge in [-0.2, -0.15) is 5.10 Å². The van der Waals surface area contributed by atoms with Crippen molar-refractivity contribution in [3.05, 3.63) is 76.0 Å². The minimum absolute atomic E-state index is 0.126. The number of carbonyl (C=O) groups excluding carboxylic acids is 1. The van der Waals surface area contributed by atoms with Crippen LogP contribution in [0.2, 0.25) is 5.02 Å². The maximum atomic E-state index is 12.8. The number of fused-ring (bicyclic) bond motifs is 1. The molecule has 7 heteroatoms. The van der Waals surface area contributed by atoms with E-state index in [1.807, 2.05) is 62.4 Å². The molecule has 0 bridgehead atoms. The molecule has 2 heterocycles. The minimum atomic E-state index is -0.150. The van der Waals surface area contributed by atoms with E-state index in [1.54, 1.807) is 22.2 Å². The first-order valence-electron chi connectivity index (χ1n) is 8.99. The third-order valence-corrected chi connectivity index (χ3v) is 5.70. The van der Waals surface area contributed by atoms with Gasteiger partial charge in [-0.1, -0.05) is 37.6 Å². The van der Waals surface area contributed by atoms with Gasteiger partial charge in [-0.25, -0.2) is 9.67 Å². The van der Waals surface area contributed by atoms with Crippen molar-refractivity contribution in [2.45, 2.75) is 26.3 Å². The summed E-state index contributed by atoms with van der Waals surface area (Å²) in [5, 5.41) is 8.97. The number of nitrogens with zero attached hydrogens (tertiary/aromatic N) is 3. The SMILES string of the molecule is CC(C)c1c(C(=O)NCc2nc3ccccc3s2)cnn1-c1ccc(Cl)cc1. The lowest BCUT2D eigenvalue weighted by atomic mass is 10.1. The van der Waals surface area contributed by atoms with Crippen LogP contribution in [-0.4, -0.2) is 20.7 Å². The first-order valence-corrected chi connectivity index (χ1v) is 10.2. The van der Waals surface area contributed by atoms with E-state index < -0.39 is 0 Å². The summed E-state index contributed by atoms with van der Waals surface area (Å²) in [6.07, 6.45) is 1.62. The Hall–Kier alpha value is -2.70. The third-order valence-electron chi connectivity index (χ3n) is 4.41. The molecule has 0 aliphatic rings. The predicted octanol–water partition coefficient (Wildman–Crippen LogP) is 5.19. The smallest absolute Gasteiger partial charge is 0.255 e. The number of aromatic nitrogens is 3. The number of carbonyl (C=O) groups is 1. The Morgan fingerprint density at radius 1 is 1.18 bits per heavy atom. The lowest BCUT2D eigenvalue weighted by Crippen LogP contribution is -2.24. The van der Waals surface area contributed by atoms with Crippen molar-refractivity contribution in [1.29, 1.82) is 0 Å². The average molecular weight is 411 g/mol. The zero-order chi connectivity index (χ0) is 19.7. The van der Waals surface area contributed by atoms with E-state index in [0.717, 1.165) is 26.6 Å². The Bertz CT molecular complexity index is 1100. The van der Waals surface area contributed by atoms with Gasteiger partial charge in [0.1, 0.15) is 5.01 Å². The van der Waals surface area contributed by atoms with Gasteiger partial charge in [-0.05, 0) is 42.3 Å². The molecule has 142 valence electrons. The third kappa shape index (κ3) is 3.66. The van der Waals surface area contributed by atoms with Crippen molar-refractivity contribution in [3.8, 4) is 5.69 Å². The number of para-hydroxylation sites is 1. The number of hydrogen-bond acceptors (Lipinski definition) is 4. The molecule has 0 fully saturated rings. The average Bonchev–Trinajstić information content (AvgIpc) is 3.31. The summed E-state index contributed by atoms with van der Waals surface area (Å²) in [5.74, 6) is -0.0236. The van der Waals surface area contributed by atoms with Gasteiger partial charge in [0, 0.05) is 5.02 Å². The van der Waals surface area contributed by atoms with Crippen LogP contribution in [0.3, 0.4) is 0 Å². The molecule has 4 aromatic rings. The summed E-state index contributed by atoms with van der Waals surface area (Å²) in [6, 6.07) is 15.4. The Labute approximate surface area is 172 Å². The van der Waals surface area contributed by atoms with Crippen molar-refractivity contribution < 1.29 is 4.79 Å². The summed E-state index contributed by atoms with van der Waals surface area (Å²) in [4.78, 5) is 17.4. The van der Waals surface area contributed by atoms with E-state index in [9.17, 15) is 4.79 Å². The van der Waals surface area contributed by atoms with Gasteiger partial charge in [0.15, 0.2) is 0 Å². The fraction of sp³-hybridized carbons (Fsp3) is 0.190. The van der Waals surface area contributed by atoms with Gasteiger partial charge in [0.2, 0.25) is 0 Å². The molecule has 0 spiro atoms. The van der Waals surface area contributed by atoms with Gasteiger partial charge in [0.05, 0.1) is 39.9 Å². The molecule has 5 nitrogen and oxygen atoms in total. The Balaban J connectivity index is 1.57. The van der Waals surface area contributed by atoms with Crippen LogP contribution in [-0.2, 0) is 6.54 Å². The second kappa shape index (κ2) is 7.73. The number of benzene rings is 2. The Morgan fingerprint density at radius 3 is 2.64 bits per heavy atom.